The molecule has 38 heavy (non-hydrogen) atoms. The van der Waals surface area contributed by atoms with Gasteiger partial charge in [-0.25, -0.2) is 4.79 Å². The van der Waals surface area contributed by atoms with Gasteiger partial charge in [0.1, 0.15) is 18.4 Å². The summed E-state index contributed by atoms with van der Waals surface area (Å²) >= 11 is 0. The third-order valence-electron chi connectivity index (χ3n) is 7.53. The first-order valence-electron chi connectivity index (χ1n) is 13.0. The Labute approximate surface area is 223 Å². The number of aldehydes is 1. The monoisotopic (exact) mass is 514 g/mol. The second-order valence-corrected chi connectivity index (χ2v) is 10.1. The van der Waals surface area contributed by atoms with Crippen LogP contribution in [0.5, 0.6) is 0 Å². The Morgan fingerprint density at radius 2 is 1.82 bits per heavy atom. The lowest BCUT2D eigenvalue weighted by molar-refractivity contribution is -0.147. The number of amides is 2. The fraction of sp³-hybridized carbons (Fsp3) is 0.355. The maximum atomic E-state index is 13.7. The molecule has 4 rings (SSSR count). The molecule has 1 saturated heterocycles. The molecule has 2 aromatic rings. The van der Waals surface area contributed by atoms with Gasteiger partial charge in [0.2, 0.25) is 11.8 Å². The van der Waals surface area contributed by atoms with E-state index in [1.807, 2.05) is 79.7 Å². The predicted molar refractivity (Wildman–Crippen MR) is 145 cm³/mol. The summed E-state index contributed by atoms with van der Waals surface area (Å²) in [4.78, 5) is 52.2. The number of carbonyl (C=O) groups is 4. The smallest absolute Gasteiger partial charge is 0.328 e. The fourth-order valence-corrected chi connectivity index (χ4v) is 5.17. The molecule has 0 spiro atoms. The minimum absolute atomic E-state index is 0.0928. The van der Waals surface area contributed by atoms with Crippen LogP contribution in [0.4, 0.5) is 0 Å². The van der Waals surface area contributed by atoms with E-state index >= 15 is 0 Å². The molecule has 1 N–H and O–H groups in total. The zero-order valence-corrected chi connectivity index (χ0v) is 21.9. The number of allylic oxidation sites excluding steroid dienone is 3. The first kappa shape index (κ1) is 27.0. The molecule has 1 aliphatic heterocycles. The minimum atomic E-state index is -0.896. The van der Waals surface area contributed by atoms with Gasteiger partial charge in [-0.05, 0) is 48.4 Å². The number of nitrogens with zero attached hydrogens (tertiary/aromatic N) is 1. The molecule has 0 saturated carbocycles. The van der Waals surface area contributed by atoms with E-state index in [1.54, 1.807) is 4.90 Å². The lowest BCUT2D eigenvalue weighted by Gasteiger charge is -2.30. The predicted octanol–water partition coefficient (Wildman–Crippen LogP) is 4.03. The van der Waals surface area contributed by atoms with Gasteiger partial charge in [-0.15, -0.1) is 0 Å². The summed E-state index contributed by atoms with van der Waals surface area (Å²) in [7, 11) is 1.27. The second kappa shape index (κ2) is 12.0. The average molecular weight is 515 g/mol. The van der Waals surface area contributed by atoms with Crippen LogP contribution < -0.4 is 5.32 Å². The highest BCUT2D eigenvalue weighted by Gasteiger charge is 2.50. The Morgan fingerprint density at radius 1 is 1.11 bits per heavy atom. The van der Waals surface area contributed by atoms with E-state index in [4.69, 9.17) is 4.74 Å². The van der Waals surface area contributed by atoms with E-state index in [2.05, 4.69) is 5.32 Å². The number of nitrogens with one attached hydrogen (secondary N) is 1. The van der Waals surface area contributed by atoms with Gasteiger partial charge in [0.25, 0.3) is 0 Å². The van der Waals surface area contributed by atoms with Crippen molar-refractivity contribution in [1.29, 1.82) is 0 Å². The fourth-order valence-electron chi connectivity index (χ4n) is 5.17. The molecular formula is C31H34N2O5. The van der Waals surface area contributed by atoms with Crippen molar-refractivity contribution in [1.82, 2.24) is 10.2 Å². The summed E-state index contributed by atoms with van der Waals surface area (Å²) in [6.45, 7) is 2.28. The van der Waals surface area contributed by atoms with E-state index < -0.39 is 29.4 Å². The number of ether oxygens (including phenoxy) is 1. The van der Waals surface area contributed by atoms with Crippen LogP contribution in [0.3, 0.4) is 0 Å². The lowest BCUT2D eigenvalue weighted by Crippen LogP contribution is -2.54. The Bertz CT molecular complexity index is 1230. The minimum Gasteiger partial charge on any atom is -0.467 e. The van der Waals surface area contributed by atoms with Crippen molar-refractivity contribution >= 4 is 24.1 Å². The quantitative estimate of drug-likeness (QED) is 0.278. The number of esters is 1. The molecule has 1 aliphatic carbocycles. The molecule has 2 unspecified atom stereocenters. The van der Waals surface area contributed by atoms with Crippen LogP contribution >= 0.6 is 0 Å². The molecule has 0 aromatic heterocycles. The van der Waals surface area contributed by atoms with Gasteiger partial charge in [-0.2, -0.15) is 0 Å². The van der Waals surface area contributed by atoms with Crippen LogP contribution in [-0.2, 0) is 30.3 Å². The van der Waals surface area contributed by atoms with Gasteiger partial charge in [-0.1, -0.05) is 72.8 Å². The number of unbranched alkanes of at least 4 members (excludes halogenated alkanes) is 1. The Hall–Kier alpha value is -4.00. The van der Waals surface area contributed by atoms with E-state index in [0.29, 0.717) is 25.8 Å². The summed E-state index contributed by atoms with van der Waals surface area (Å²) in [6.07, 6.45) is 8.55. The summed E-state index contributed by atoms with van der Waals surface area (Å²) in [5, 5.41) is 2.82. The number of likely N-dealkylation sites (tertiary alicyclic amines) is 1. The molecule has 0 radical (unpaired) electrons. The Kier molecular flexibility index (Phi) is 8.56. The molecule has 2 aliphatic rings. The normalized spacial score (nSPS) is 19.8. The molecule has 2 aromatic carbocycles. The second-order valence-electron chi connectivity index (χ2n) is 10.1. The summed E-state index contributed by atoms with van der Waals surface area (Å²) in [5.74, 6) is -1.08. The third-order valence-corrected chi connectivity index (χ3v) is 7.53. The van der Waals surface area contributed by atoms with Gasteiger partial charge in [0.15, 0.2) is 0 Å². The van der Waals surface area contributed by atoms with Crippen molar-refractivity contribution in [3.05, 3.63) is 84.0 Å². The largest absolute Gasteiger partial charge is 0.467 e. The molecule has 7 heteroatoms. The summed E-state index contributed by atoms with van der Waals surface area (Å²) in [5.41, 5.74) is 3.37. The number of hydrogen-bond donors (Lipinski definition) is 1. The topological polar surface area (TPSA) is 92.8 Å². The maximum absolute atomic E-state index is 13.7. The van der Waals surface area contributed by atoms with Crippen molar-refractivity contribution in [2.45, 2.75) is 51.1 Å². The summed E-state index contributed by atoms with van der Waals surface area (Å²) < 4.78 is 4.90. The van der Waals surface area contributed by atoms with Crippen LogP contribution in [0.2, 0.25) is 0 Å². The number of fused-ring (bicyclic) bond motifs is 1. The van der Waals surface area contributed by atoms with E-state index in [9.17, 15) is 19.2 Å². The van der Waals surface area contributed by atoms with Crippen LogP contribution in [0.1, 0.15) is 38.2 Å². The summed E-state index contributed by atoms with van der Waals surface area (Å²) in [6, 6.07) is 16.3. The first-order valence-corrected chi connectivity index (χ1v) is 13.0. The number of benzene rings is 2. The van der Waals surface area contributed by atoms with Crippen molar-refractivity contribution < 1.29 is 23.9 Å². The number of methoxy groups -OCH3 is 1. The third kappa shape index (κ3) is 5.77. The van der Waals surface area contributed by atoms with Crippen molar-refractivity contribution in [2.24, 2.45) is 5.41 Å². The standard InChI is InChI=1S/C31H34N2O5/c1-31-18-8-6-12-25(31)21-33(30(31)37)27(28(35)32-26(29(36)38-2)13-7-9-19-34)20-22-14-16-24(17-15-22)23-10-4-3-5-11-23/h3-6,8,10-12,14-17,19,26-27H,7,9,13,18,20-21H2,1-2H3,(H,32,35)/t26-,27?,31?/m0/s1. The SMILES string of the molecule is COC(=O)[C@H](CCCC=O)NC(=O)C(Cc1ccc(-c2ccccc2)cc1)N1CC2=CC=CCC2(C)C1=O. The molecule has 7 nitrogen and oxygen atoms in total. The van der Waals surface area contributed by atoms with Gasteiger partial charge in [0.05, 0.1) is 12.5 Å². The average Bonchev–Trinajstić information content (AvgIpc) is 3.21. The molecule has 2 amide bonds. The van der Waals surface area contributed by atoms with E-state index in [-0.39, 0.29) is 18.7 Å². The Morgan fingerprint density at radius 3 is 2.47 bits per heavy atom. The van der Waals surface area contributed by atoms with Gasteiger partial charge in [-0.3, -0.25) is 9.59 Å². The number of rotatable bonds is 11. The molecule has 198 valence electrons. The van der Waals surface area contributed by atoms with Crippen molar-refractivity contribution in [3.8, 4) is 11.1 Å². The van der Waals surface area contributed by atoms with Crippen LogP contribution in [0.25, 0.3) is 11.1 Å². The highest BCUT2D eigenvalue weighted by atomic mass is 16.5. The van der Waals surface area contributed by atoms with Gasteiger partial charge in [0, 0.05) is 19.4 Å². The maximum Gasteiger partial charge on any atom is 0.328 e. The Balaban J connectivity index is 1.60. The van der Waals surface area contributed by atoms with Crippen LogP contribution in [-0.4, -0.2) is 54.7 Å². The van der Waals surface area contributed by atoms with Crippen molar-refractivity contribution in [3.63, 3.8) is 0 Å². The molecule has 1 heterocycles. The number of carbonyl (C=O) groups excluding carboxylic acids is 4. The highest BCUT2D eigenvalue weighted by Crippen LogP contribution is 2.43. The van der Waals surface area contributed by atoms with Crippen LogP contribution in [0.15, 0.2) is 78.4 Å². The molecule has 1 fully saturated rings. The van der Waals surface area contributed by atoms with Crippen LogP contribution in [0, 0.1) is 5.41 Å². The zero-order valence-electron chi connectivity index (χ0n) is 21.9. The van der Waals surface area contributed by atoms with E-state index in [0.717, 1.165) is 28.5 Å². The van der Waals surface area contributed by atoms with Gasteiger partial charge < -0.3 is 19.7 Å². The van der Waals surface area contributed by atoms with Crippen molar-refractivity contribution in [2.75, 3.05) is 13.7 Å². The molecular weight excluding hydrogens is 480 g/mol. The molecule has 3 atom stereocenters. The molecule has 0 bridgehead atoms. The highest BCUT2D eigenvalue weighted by molar-refractivity contribution is 5.96. The lowest BCUT2D eigenvalue weighted by atomic mass is 9.78. The first-order chi connectivity index (χ1) is 18.4. The number of hydrogen-bond acceptors (Lipinski definition) is 5. The zero-order chi connectivity index (χ0) is 27.1. The van der Waals surface area contributed by atoms with Gasteiger partial charge >= 0.3 is 5.97 Å². The van der Waals surface area contributed by atoms with E-state index in [1.165, 1.54) is 7.11 Å².